The van der Waals surface area contributed by atoms with E-state index in [1.807, 2.05) is 12.3 Å². The number of hydrogen-bond acceptors (Lipinski definition) is 3. The van der Waals surface area contributed by atoms with Gasteiger partial charge in [0.2, 0.25) is 5.89 Å². The summed E-state index contributed by atoms with van der Waals surface area (Å²) in [4.78, 5) is 9.62. The van der Waals surface area contributed by atoms with Crippen molar-refractivity contribution in [3.63, 3.8) is 0 Å². The number of aromatic nitrogens is 3. The van der Waals surface area contributed by atoms with Gasteiger partial charge in [-0.1, -0.05) is 120 Å². The third-order valence-electron chi connectivity index (χ3n) is 10.8. The van der Waals surface area contributed by atoms with Gasteiger partial charge in [0.25, 0.3) is 0 Å². The minimum absolute atomic E-state index is 0.00749. The Morgan fingerprint density at radius 2 is 1.25 bits per heavy atom. The number of para-hydroxylation sites is 1. The number of hydrogen-bond donors (Lipinski definition) is 0. The second-order valence-electron chi connectivity index (χ2n) is 16.0. The van der Waals surface area contributed by atoms with Gasteiger partial charge in [-0.05, 0) is 92.2 Å². The monoisotopic (exact) mass is 663 g/mol. The lowest BCUT2D eigenvalue weighted by molar-refractivity contribution is 0.574. The maximum atomic E-state index is 5.73. The first-order chi connectivity index (χ1) is 24.5. The van der Waals surface area contributed by atoms with E-state index in [0.717, 1.165) is 28.0 Å². The molecule has 0 atom stereocenters. The molecule has 0 aliphatic heterocycles. The molecule has 0 saturated carbocycles. The van der Waals surface area contributed by atoms with E-state index in [0.29, 0.717) is 5.89 Å². The zero-order chi connectivity index (χ0) is 35.1. The predicted octanol–water partition coefficient (Wildman–Crippen LogP) is 11.8. The molecule has 3 heterocycles. The van der Waals surface area contributed by atoms with Crippen LogP contribution in [0.15, 0.2) is 144 Å². The van der Waals surface area contributed by atoms with Gasteiger partial charge in [-0.25, -0.2) is 4.98 Å². The molecular formula is C47H41N3O. The minimum atomic E-state index is -0.628. The third kappa shape index (κ3) is 4.73. The van der Waals surface area contributed by atoms with E-state index in [2.05, 4.69) is 166 Å². The molecule has 4 heteroatoms. The number of rotatable bonds is 4. The van der Waals surface area contributed by atoms with Crippen LogP contribution < -0.4 is 0 Å². The van der Waals surface area contributed by atoms with Crippen molar-refractivity contribution in [3.05, 3.63) is 173 Å². The first kappa shape index (κ1) is 31.3. The van der Waals surface area contributed by atoms with Crippen LogP contribution in [0.2, 0.25) is 0 Å². The molecule has 0 spiro atoms. The fourth-order valence-electron chi connectivity index (χ4n) is 8.21. The van der Waals surface area contributed by atoms with Crippen molar-refractivity contribution in [2.24, 2.45) is 0 Å². The van der Waals surface area contributed by atoms with Crippen LogP contribution in [0, 0.1) is 0 Å². The zero-order valence-electron chi connectivity index (χ0n) is 30.0. The summed E-state index contributed by atoms with van der Waals surface area (Å²) in [5, 5.41) is 2.39. The summed E-state index contributed by atoms with van der Waals surface area (Å²) in [7, 11) is 0. The SMILES string of the molecule is CC(C)(C)c1ccc2c(c1)-c1cc(C(C)(C)C)ccc1C2(c1cccc(-n2c3ccccc3c3ccc(-c4ncco4)cc32)c1)c1ccccn1. The van der Waals surface area contributed by atoms with Crippen LogP contribution in [0.1, 0.15) is 75.1 Å². The van der Waals surface area contributed by atoms with Gasteiger partial charge >= 0.3 is 0 Å². The zero-order valence-corrected chi connectivity index (χ0v) is 30.0. The molecule has 3 aromatic heterocycles. The van der Waals surface area contributed by atoms with Crippen LogP contribution in [-0.2, 0) is 16.2 Å². The molecule has 0 saturated heterocycles. The van der Waals surface area contributed by atoms with Crippen LogP contribution in [0.4, 0.5) is 0 Å². The second-order valence-corrected chi connectivity index (χ2v) is 16.0. The van der Waals surface area contributed by atoms with Gasteiger partial charge < -0.3 is 8.98 Å². The fraction of sp³-hybridized carbons (Fsp3) is 0.191. The lowest BCUT2D eigenvalue weighted by Gasteiger charge is -2.33. The molecule has 0 radical (unpaired) electrons. The highest BCUT2D eigenvalue weighted by Gasteiger charge is 2.48. The van der Waals surface area contributed by atoms with Gasteiger partial charge in [0, 0.05) is 28.2 Å². The number of pyridine rings is 1. The number of nitrogens with zero attached hydrogens (tertiary/aromatic N) is 3. The Kier molecular flexibility index (Phi) is 6.82. The van der Waals surface area contributed by atoms with Gasteiger partial charge in [0.15, 0.2) is 0 Å². The highest BCUT2D eigenvalue weighted by atomic mass is 16.3. The molecule has 0 N–H and O–H groups in total. The predicted molar refractivity (Wildman–Crippen MR) is 209 cm³/mol. The summed E-state index contributed by atoms with van der Waals surface area (Å²) < 4.78 is 8.12. The minimum Gasteiger partial charge on any atom is -0.445 e. The summed E-state index contributed by atoms with van der Waals surface area (Å²) in [5.41, 5.74) is 13.6. The highest BCUT2D eigenvalue weighted by molar-refractivity contribution is 6.10. The molecule has 0 unspecified atom stereocenters. The smallest absolute Gasteiger partial charge is 0.225 e. The summed E-state index contributed by atoms with van der Waals surface area (Å²) in [5.74, 6) is 0.611. The van der Waals surface area contributed by atoms with E-state index >= 15 is 0 Å². The summed E-state index contributed by atoms with van der Waals surface area (Å²) in [6.07, 6.45) is 5.26. The first-order valence-corrected chi connectivity index (χ1v) is 17.8. The van der Waals surface area contributed by atoms with Crippen molar-refractivity contribution in [1.82, 2.24) is 14.5 Å². The van der Waals surface area contributed by atoms with Gasteiger partial charge in [0.1, 0.15) is 6.26 Å². The van der Waals surface area contributed by atoms with Crippen molar-refractivity contribution in [2.75, 3.05) is 0 Å². The quantitative estimate of drug-likeness (QED) is 0.188. The Morgan fingerprint density at radius 1 is 0.569 bits per heavy atom. The topological polar surface area (TPSA) is 43.9 Å². The van der Waals surface area contributed by atoms with Gasteiger partial charge in [-0.15, -0.1) is 0 Å². The van der Waals surface area contributed by atoms with Crippen LogP contribution >= 0.6 is 0 Å². The Bertz CT molecular complexity index is 2530. The van der Waals surface area contributed by atoms with Crippen molar-refractivity contribution < 1.29 is 4.42 Å². The molecule has 9 rings (SSSR count). The number of oxazole rings is 1. The van der Waals surface area contributed by atoms with Crippen molar-refractivity contribution in [1.29, 1.82) is 0 Å². The molecule has 5 aromatic carbocycles. The van der Waals surface area contributed by atoms with Crippen molar-refractivity contribution in [2.45, 2.75) is 57.8 Å². The molecule has 8 aromatic rings. The lowest BCUT2D eigenvalue weighted by Crippen LogP contribution is -2.30. The molecular weight excluding hydrogens is 623 g/mol. The summed E-state index contributed by atoms with van der Waals surface area (Å²) in [6, 6.07) is 44.9. The summed E-state index contributed by atoms with van der Waals surface area (Å²) >= 11 is 0. The average molecular weight is 664 g/mol. The Morgan fingerprint density at radius 3 is 1.90 bits per heavy atom. The van der Waals surface area contributed by atoms with Crippen molar-refractivity contribution >= 4 is 21.8 Å². The molecule has 0 amide bonds. The number of benzene rings is 5. The molecule has 1 aliphatic carbocycles. The molecule has 1 aliphatic rings. The van der Waals surface area contributed by atoms with E-state index in [4.69, 9.17) is 9.40 Å². The maximum Gasteiger partial charge on any atom is 0.225 e. The van der Waals surface area contributed by atoms with Crippen LogP contribution in [0.3, 0.4) is 0 Å². The molecule has 0 bridgehead atoms. The van der Waals surface area contributed by atoms with Gasteiger partial charge in [0.05, 0.1) is 28.3 Å². The molecule has 4 nitrogen and oxygen atoms in total. The van der Waals surface area contributed by atoms with Gasteiger partial charge in [-0.3, -0.25) is 4.98 Å². The standard InChI is InChI=1S/C47H41N3O/c1-45(2,3)31-18-21-39-37(28-31)38-29-32(46(4,5)6)19-22-40(38)47(39,43-16-9-10-23-48-43)33-12-11-13-34(27-33)50-41-15-8-7-14-35(41)36-20-17-30(26-42(36)50)44-49-24-25-51-44/h7-29H,1-6H3. The van der Waals surface area contributed by atoms with E-state index < -0.39 is 5.41 Å². The molecule has 51 heavy (non-hydrogen) atoms. The van der Waals surface area contributed by atoms with Crippen LogP contribution in [0.25, 0.3) is 50.1 Å². The largest absolute Gasteiger partial charge is 0.445 e. The lowest BCUT2D eigenvalue weighted by atomic mass is 9.69. The van der Waals surface area contributed by atoms with E-state index in [1.54, 1.807) is 12.5 Å². The molecule has 0 fully saturated rings. The maximum absolute atomic E-state index is 5.73. The first-order valence-electron chi connectivity index (χ1n) is 17.8. The average Bonchev–Trinajstić information content (AvgIpc) is 3.85. The Hall–Kier alpha value is -5.74. The van der Waals surface area contributed by atoms with E-state index in [9.17, 15) is 0 Å². The highest BCUT2D eigenvalue weighted by Crippen LogP contribution is 2.57. The van der Waals surface area contributed by atoms with Gasteiger partial charge in [-0.2, -0.15) is 0 Å². The van der Waals surface area contributed by atoms with Crippen molar-refractivity contribution in [3.8, 4) is 28.3 Å². The summed E-state index contributed by atoms with van der Waals surface area (Å²) in [6.45, 7) is 13.8. The van der Waals surface area contributed by atoms with E-state index in [1.165, 1.54) is 49.7 Å². The molecule has 250 valence electrons. The van der Waals surface area contributed by atoms with Crippen LogP contribution in [-0.4, -0.2) is 14.5 Å². The van der Waals surface area contributed by atoms with E-state index in [-0.39, 0.29) is 10.8 Å². The second kappa shape index (κ2) is 11.1. The Balaban J connectivity index is 1.36. The fourth-order valence-corrected chi connectivity index (χ4v) is 8.21. The third-order valence-corrected chi connectivity index (χ3v) is 10.8. The number of fused-ring (bicyclic) bond motifs is 6. The Labute approximate surface area is 299 Å². The van der Waals surface area contributed by atoms with Crippen LogP contribution in [0.5, 0.6) is 0 Å². The normalized spacial score (nSPS) is 13.8.